The Balaban J connectivity index is 1.89. The molecule has 1 unspecified atom stereocenters. The predicted molar refractivity (Wildman–Crippen MR) is 63.0 cm³/mol. The predicted octanol–water partition coefficient (Wildman–Crippen LogP) is 1.68. The minimum Gasteiger partial charge on any atom is -0.375 e. The van der Waals surface area contributed by atoms with Crippen LogP contribution in [0, 0.1) is 0 Å². The van der Waals surface area contributed by atoms with Gasteiger partial charge in [-0.15, -0.1) is 0 Å². The van der Waals surface area contributed by atoms with Crippen LogP contribution in [0.5, 0.6) is 0 Å². The van der Waals surface area contributed by atoms with Gasteiger partial charge >= 0.3 is 0 Å². The van der Waals surface area contributed by atoms with E-state index in [1.54, 1.807) is 0 Å². The van der Waals surface area contributed by atoms with E-state index >= 15 is 0 Å². The molecule has 82 valence electrons. The van der Waals surface area contributed by atoms with Crippen molar-refractivity contribution in [3.05, 3.63) is 30.1 Å². The fourth-order valence-electron chi connectivity index (χ4n) is 1.74. The third-order valence-corrected chi connectivity index (χ3v) is 3.23. The molecule has 2 heterocycles. The first-order valence-electron chi connectivity index (χ1n) is 5.18. The van der Waals surface area contributed by atoms with Gasteiger partial charge in [-0.1, -0.05) is 22.0 Å². The van der Waals surface area contributed by atoms with Crippen molar-refractivity contribution in [2.75, 3.05) is 25.0 Å². The van der Waals surface area contributed by atoms with Gasteiger partial charge in [-0.3, -0.25) is 9.88 Å². The zero-order valence-corrected chi connectivity index (χ0v) is 10.2. The Labute approximate surface area is 98.6 Å². The normalized spacial score (nSPS) is 22.9. The van der Waals surface area contributed by atoms with Gasteiger partial charge in [-0.05, 0) is 12.1 Å². The molecule has 3 nitrogen and oxygen atoms in total. The van der Waals surface area contributed by atoms with Crippen LogP contribution in [0.3, 0.4) is 0 Å². The third-order valence-electron chi connectivity index (χ3n) is 2.51. The lowest BCUT2D eigenvalue weighted by Gasteiger charge is -2.31. The smallest absolute Gasteiger partial charge is 0.0799 e. The van der Waals surface area contributed by atoms with E-state index in [-0.39, 0.29) is 0 Å². The summed E-state index contributed by atoms with van der Waals surface area (Å²) in [7, 11) is 0. The quantitative estimate of drug-likeness (QED) is 0.782. The Bertz CT molecular complexity index is 294. The van der Waals surface area contributed by atoms with Gasteiger partial charge in [0.15, 0.2) is 0 Å². The summed E-state index contributed by atoms with van der Waals surface area (Å²) < 4.78 is 5.59. The minimum absolute atomic E-state index is 0.322. The van der Waals surface area contributed by atoms with Crippen LogP contribution in [0.4, 0.5) is 0 Å². The number of halogens is 1. The summed E-state index contributed by atoms with van der Waals surface area (Å²) in [6.07, 6.45) is 2.17. The molecular formula is C11H15BrN2O. The van der Waals surface area contributed by atoms with Crippen LogP contribution < -0.4 is 0 Å². The van der Waals surface area contributed by atoms with Crippen molar-refractivity contribution < 1.29 is 4.74 Å². The summed E-state index contributed by atoms with van der Waals surface area (Å²) in [6.45, 7) is 3.73. The molecule has 1 fully saturated rings. The van der Waals surface area contributed by atoms with E-state index in [1.807, 2.05) is 18.3 Å². The highest BCUT2D eigenvalue weighted by Crippen LogP contribution is 2.10. The van der Waals surface area contributed by atoms with Crippen molar-refractivity contribution in [3.63, 3.8) is 0 Å². The van der Waals surface area contributed by atoms with Crippen LogP contribution in [-0.4, -0.2) is 41.0 Å². The van der Waals surface area contributed by atoms with E-state index in [9.17, 15) is 0 Å². The molecule has 4 heteroatoms. The lowest BCUT2D eigenvalue weighted by atomic mass is 10.2. The molecule has 1 aliphatic heterocycles. The summed E-state index contributed by atoms with van der Waals surface area (Å²) in [5.41, 5.74) is 1.13. The second-order valence-corrected chi connectivity index (χ2v) is 4.35. The van der Waals surface area contributed by atoms with Crippen molar-refractivity contribution in [2.24, 2.45) is 0 Å². The van der Waals surface area contributed by atoms with Gasteiger partial charge in [0.05, 0.1) is 18.4 Å². The van der Waals surface area contributed by atoms with Gasteiger partial charge in [-0.2, -0.15) is 0 Å². The number of morpholine rings is 1. The molecule has 1 atom stereocenters. The molecule has 0 aromatic carbocycles. The van der Waals surface area contributed by atoms with E-state index in [4.69, 9.17) is 4.74 Å². The lowest BCUT2D eigenvalue weighted by molar-refractivity contribution is -0.0185. The van der Waals surface area contributed by atoms with E-state index in [1.165, 1.54) is 0 Å². The summed E-state index contributed by atoms with van der Waals surface area (Å²) in [6, 6.07) is 6.05. The average Bonchev–Trinajstić information content (AvgIpc) is 2.31. The number of ether oxygens (including phenoxy) is 1. The number of rotatable bonds is 3. The summed E-state index contributed by atoms with van der Waals surface area (Å²) in [5.74, 6) is 0. The molecule has 0 spiro atoms. The fraction of sp³-hybridized carbons (Fsp3) is 0.545. The van der Waals surface area contributed by atoms with Crippen LogP contribution >= 0.6 is 15.9 Å². The molecule has 0 radical (unpaired) electrons. The number of aromatic nitrogens is 1. The van der Waals surface area contributed by atoms with Crippen molar-refractivity contribution in [3.8, 4) is 0 Å². The number of alkyl halides is 1. The van der Waals surface area contributed by atoms with Crippen LogP contribution in [0.2, 0.25) is 0 Å². The number of hydrogen-bond acceptors (Lipinski definition) is 3. The Morgan fingerprint density at radius 2 is 2.47 bits per heavy atom. The van der Waals surface area contributed by atoms with Crippen LogP contribution in [-0.2, 0) is 11.3 Å². The molecule has 0 amide bonds. The molecule has 1 aliphatic rings. The van der Waals surface area contributed by atoms with Gasteiger partial charge in [0.25, 0.3) is 0 Å². The Morgan fingerprint density at radius 1 is 1.53 bits per heavy atom. The summed E-state index contributed by atoms with van der Waals surface area (Å²) in [4.78, 5) is 6.72. The van der Waals surface area contributed by atoms with E-state index in [0.717, 1.165) is 37.3 Å². The molecule has 15 heavy (non-hydrogen) atoms. The molecule has 0 aliphatic carbocycles. The van der Waals surface area contributed by atoms with Gasteiger partial charge in [0.2, 0.25) is 0 Å². The maximum atomic E-state index is 5.59. The highest BCUT2D eigenvalue weighted by atomic mass is 79.9. The molecule has 0 saturated carbocycles. The molecule has 1 aromatic heterocycles. The minimum atomic E-state index is 0.322. The van der Waals surface area contributed by atoms with E-state index in [2.05, 4.69) is 31.9 Å². The second kappa shape index (κ2) is 5.58. The molecule has 1 saturated heterocycles. The molecular weight excluding hydrogens is 256 g/mol. The molecule has 1 aromatic rings. The van der Waals surface area contributed by atoms with Crippen molar-refractivity contribution >= 4 is 15.9 Å². The van der Waals surface area contributed by atoms with Crippen LogP contribution in [0.1, 0.15) is 5.69 Å². The Kier molecular flexibility index (Phi) is 4.11. The van der Waals surface area contributed by atoms with Crippen molar-refractivity contribution in [1.82, 2.24) is 9.88 Å². The first-order chi connectivity index (χ1) is 7.38. The highest BCUT2D eigenvalue weighted by molar-refractivity contribution is 9.09. The zero-order valence-electron chi connectivity index (χ0n) is 8.60. The van der Waals surface area contributed by atoms with Gasteiger partial charge in [-0.25, -0.2) is 0 Å². The largest absolute Gasteiger partial charge is 0.375 e. The zero-order chi connectivity index (χ0) is 10.5. The summed E-state index contributed by atoms with van der Waals surface area (Å²) in [5, 5.41) is 0.908. The van der Waals surface area contributed by atoms with E-state index < -0.39 is 0 Å². The van der Waals surface area contributed by atoms with Gasteiger partial charge in [0, 0.05) is 31.2 Å². The SMILES string of the molecule is BrCC1CN(Cc2ccccn2)CCO1. The Hall–Kier alpha value is -0.450. The Morgan fingerprint density at radius 3 is 3.20 bits per heavy atom. The van der Waals surface area contributed by atoms with Crippen LogP contribution in [0.25, 0.3) is 0 Å². The molecule has 2 rings (SSSR count). The second-order valence-electron chi connectivity index (χ2n) is 3.70. The van der Waals surface area contributed by atoms with Crippen molar-refractivity contribution in [2.45, 2.75) is 12.6 Å². The average molecular weight is 271 g/mol. The maximum absolute atomic E-state index is 5.59. The highest BCUT2D eigenvalue weighted by Gasteiger charge is 2.19. The topological polar surface area (TPSA) is 25.4 Å². The molecule has 0 bridgehead atoms. The van der Waals surface area contributed by atoms with Gasteiger partial charge < -0.3 is 4.74 Å². The number of hydrogen-bond donors (Lipinski definition) is 0. The van der Waals surface area contributed by atoms with Gasteiger partial charge in [0.1, 0.15) is 0 Å². The van der Waals surface area contributed by atoms with Crippen molar-refractivity contribution in [1.29, 1.82) is 0 Å². The van der Waals surface area contributed by atoms with E-state index in [0.29, 0.717) is 6.10 Å². The van der Waals surface area contributed by atoms with Crippen LogP contribution in [0.15, 0.2) is 24.4 Å². The monoisotopic (exact) mass is 270 g/mol. The first-order valence-corrected chi connectivity index (χ1v) is 6.30. The lowest BCUT2D eigenvalue weighted by Crippen LogP contribution is -2.42. The third kappa shape index (κ3) is 3.26. The number of pyridine rings is 1. The maximum Gasteiger partial charge on any atom is 0.0799 e. The standard InChI is InChI=1S/C11H15BrN2O/c12-7-11-9-14(5-6-15-11)8-10-3-1-2-4-13-10/h1-4,11H,5-9H2. The first kappa shape index (κ1) is 11.0. The number of nitrogens with zero attached hydrogens (tertiary/aromatic N) is 2. The molecule has 0 N–H and O–H groups in total. The summed E-state index contributed by atoms with van der Waals surface area (Å²) >= 11 is 3.46. The fourth-order valence-corrected chi connectivity index (χ4v) is 2.13.